The van der Waals surface area contributed by atoms with Crippen molar-refractivity contribution in [1.29, 1.82) is 0 Å². The summed E-state index contributed by atoms with van der Waals surface area (Å²) in [5.41, 5.74) is 1.10. The molecule has 0 saturated carbocycles. The third kappa shape index (κ3) is 3.12. The standard InChI is InChI=1S/C18H23N3OS/c22-17(20-10-5-6-11-20)13-21-12-4-3-8-15(21)18-19-14-7-1-2-9-16(14)23-18/h1-2,7,9,15H,3-6,8,10-13H2/p+1/t15-/m1/s1. The van der Waals surface area contributed by atoms with Crippen molar-refractivity contribution in [1.82, 2.24) is 9.88 Å². The molecular weight excluding hydrogens is 306 g/mol. The highest BCUT2D eigenvalue weighted by Crippen LogP contribution is 2.28. The van der Waals surface area contributed by atoms with E-state index in [0.29, 0.717) is 18.5 Å². The largest absolute Gasteiger partial charge is 0.338 e. The summed E-state index contributed by atoms with van der Waals surface area (Å²) < 4.78 is 1.26. The van der Waals surface area contributed by atoms with Gasteiger partial charge in [-0.1, -0.05) is 12.1 Å². The van der Waals surface area contributed by atoms with Crippen LogP contribution in [-0.2, 0) is 4.79 Å². The molecule has 1 aromatic heterocycles. The van der Waals surface area contributed by atoms with Crippen LogP contribution in [0, 0.1) is 0 Å². The number of rotatable bonds is 3. The molecule has 3 heterocycles. The molecule has 1 N–H and O–H groups in total. The molecule has 1 aromatic carbocycles. The van der Waals surface area contributed by atoms with Gasteiger partial charge in [0.2, 0.25) is 0 Å². The summed E-state index contributed by atoms with van der Waals surface area (Å²) >= 11 is 1.81. The van der Waals surface area contributed by atoms with Crippen molar-refractivity contribution in [3.8, 4) is 0 Å². The first-order valence-electron chi connectivity index (χ1n) is 8.79. The van der Waals surface area contributed by atoms with Crippen LogP contribution in [0.2, 0.25) is 0 Å². The van der Waals surface area contributed by atoms with Gasteiger partial charge in [-0.15, -0.1) is 11.3 Å². The molecule has 23 heavy (non-hydrogen) atoms. The normalized spacial score (nSPS) is 25.1. The van der Waals surface area contributed by atoms with Crippen LogP contribution >= 0.6 is 11.3 Å². The van der Waals surface area contributed by atoms with Gasteiger partial charge in [-0.05, 0) is 37.8 Å². The Morgan fingerprint density at radius 1 is 1.22 bits per heavy atom. The number of carbonyl (C=O) groups excluding carboxylic acids is 1. The molecule has 122 valence electrons. The first-order chi connectivity index (χ1) is 11.3. The predicted molar refractivity (Wildman–Crippen MR) is 92.7 cm³/mol. The maximum Gasteiger partial charge on any atom is 0.277 e. The fourth-order valence-electron chi connectivity index (χ4n) is 3.90. The number of carbonyl (C=O) groups is 1. The Labute approximate surface area is 141 Å². The summed E-state index contributed by atoms with van der Waals surface area (Å²) in [6.45, 7) is 3.65. The number of nitrogens with zero attached hydrogens (tertiary/aromatic N) is 2. The second kappa shape index (κ2) is 6.57. The van der Waals surface area contributed by atoms with Gasteiger partial charge in [0.1, 0.15) is 6.04 Å². The highest BCUT2D eigenvalue weighted by atomic mass is 32.1. The lowest BCUT2D eigenvalue weighted by Crippen LogP contribution is -3.14. The van der Waals surface area contributed by atoms with Crippen molar-refractivity contribution in [3.05, 3.63) is 29.3 Å². The van der Waals surface area contributed by atoms with Gasteiger partial charge in [0.05, 0.1) is 16.8 Å². The summed E-state index contributed by atoms with van der Waals surface area (Å²) in [5.74, 6) is 0.338. The van der Waals surface area contributed by atoms with E-state index >= 15 is 0 Å². The lowest BCUT2D eigenvalue weighted by molar-refractivity contribution is -0.929. The topological polar surface area (TPSA) is 37.6 Å². The van der Waals surface area contributed by atoms with E-state index in [1.54, 1.807) is 0 Å². The third-order valence-electron chi connectivity index (χ3n) is 5.18. The number of quaternary nitrogens is 1. The summed E-state index contributed by atoms with van der Waals surface area (Å²) in [7, 11) is 0. The van der Waals surface area contributed by atoms with Crippen LogP contribution in [0.25, 0.3) is 10.2 Å². The first kappa shape index (κ1) is 15.1. The number of nitrogens with one attached hydrogen (secondary N) is 1. The highest BCUT2D eigenvalue weighted by molar-refractivity contribution is 7.18. The van der Waals surface area contributed by atoms with Crippen LogP contribution in [0.5, 0.6) is 0 Å². The number of fused-ring (bicyclic) bond motifs is 1. The van der Waals surface area contributed by atoms with E-state index < -0.39 is 0 Å². The van der Waals surface area contributed by atoms with Crippen molar-refractivity contribution >= 4 is 27.5 Å². The lowest BCUT2D eigenvalue weighted by atomic mass is 10.0. The van der Waals surface area contributed by atoms with Crippen LogP contribution in [0.1, 0.15) is 43.2 Å². The molecule has 0 radical (unpaired) electrons. The minimum Gasteiger partial charge on any atom is -0.338 e. The molecule has 2 fully saturated rings. The van der Waals surface area contributed by atoms with Crippen LogP contribution in [-0.4, -0.2) is 42.0 Å². The Hall–Kier alpha value is -1.46. The monoisotopic (exact) mass is 330 g/mol. The molecule has 0 aliphatic carbocycles. The molecule has 4 nitrogen and oxygen atoms in total. The second-order valence-electron chi connectivity index (χ2n) is 6.74. The van der Waals surface area contributed by atoms with E-state index in [0.717, 1.165) is 31.6 Å². The molecule has 2 atom stereocenters. The van der Waals surface area contributed by atoms with Gasteiger partial charge in [0.15, 0.2) is 11.6 Å². The molecule has 1 amide bonds. The average molecular weight is 330 g/mol. The number of hydrogen-bond donors (Lipinski definition) is 1. The molecule has 2 saturated heterocycles. The van der Waals surface area contributed by atoms with Gasteiger partial charge in [0, 0.05) is 19.5 Å². The molecular formula is C18H24N3OS+. The Morgan fingerprint density at radius 3 is 2.87 bits per heavy atom. The van der Waals surface area contributed by atoms with Crippen LogP contribution in [0.15, 0.2) is 24.3 Å². The summed E-state index contributed by atoms with van der Waals surface area (Å²) in [4.78, 5) is 20.9. The van der Waals surface area contributed by atoms with Crippen molar-refractivity contribution in [2.75, 3.05) is 26.2 Å². The minimum absolute atomic E-state index is 0.338. The van der Waals surface area contributed by atoms with Crippen LogP contribution < -0.4 is 4.90 Å². The van der Waals surface area contributed by atoms with Gasteiger partial charge in [-0.2, -0.15) is 0 Å². The van der Waals surface area contributed by atoms with Gasteiger partial charge in [0.25, 0.3) is 5.91 Å². The number of aromatic nitrogens is 1. The molecule has 0 bridgehead atoms. The lowest BCUT2D eigenvalue weighted by Gasteiger charge is -2.31. The maximum atomic E-state index is 12.6. The van der Waals surface area contributed by atoms with E-state index in [1.807, 2.05) is 17.4 Å². The fourth-order valence-corrected chi connectivity index (χ4v) is 5.06. The van der Waals surface area contributed by atoms with E-state index in [2.05, 4.69) is 23.1 Å². The maximum absolute atomic E-state index is 12.6. The number of hydrogen-bond acceptors (Lipinski definition) is 3. The summed E-state index contributed by atoms with van der Waals surface area (Å²) in [6.07, 6.45) is 5.97. The zero-order chi connectivity index (χ0) is 15.6. The number of amides is 1. The molecule has 5 heteroatoms. The molecule has 4 rings (SSSR count). The smallest absolute Gasteiger partial charge is 0.277 e. The van der Waals surface area contributed by atoms with Crippen molar-refractivity contribution in [2.45, 2.75) is 38.1 Å². The van der Waals surface area contributed by atoms with Gasteiger partial charge in [-0.3, -0.25) is 4.79 Å². The Morgan fingerprint density at radius 2 is 2.04 bits per heavy atom. The number of likely N-dealkylation sites (tertiary alicyclic amines) is 2. The molecule has 2 aliphatic heterocycles. The van der Waals surface area contributed by atoms with Crippen molar-refractivity contribution < 1.29 is 9.69 Å². The SMILES string of the molecule is O=C(C[NH+]1CCCC[C@@H]1c1nc2ccccc2s1)N1CCCC1. The van der Waals surface area contributed by atoms with E-state index in [4.69, 9.17) is 4.98 Å². The van der Waals surface area contributed by atoms with Crippen LogP contribution in [0.3, 0.4) is 0 Å². The van der Waals surface area contributed by atoms with Crippen molar-refractivity contribution in [2.24, 2.45) is 0 Å². The number of para-hydroxylation sites is 1. The Bertz CT molecular complexity index is 659. The first-order valence-corrected chi connectivity index (χ1v) is 9.61. The molecule has 1 unspecified atom stereocenters. The zero-order valence-electron chi connectivity index (χ0n) is 13.5. The van der Waals surface area contributed by atoms with Crippen LogP contribution in [0.4, 0.5) is 0 Å². The highest BCUT2D eigenvalue weighted by Gasteiger charge is 2.33. The molecule has 0 spiro atoms. The van der Waals surface area contributed by atoms with Gasteiger partial charge >= 0.3 is 0 Å². The predicted octanol–water partition coefficient (Wildman–Crippen LogP) is 2.03. The minimum atomic E-state index is 0.338. The van der Waals surface area contributed by atoms with E-state index in [1.165, 1.54) is 40.3 Å². The average Bonchev–Trinajstić information content (AvgIpc) is 3.25. The van der Waals surface area contributed by atoms with Crippen molar-refractivity contribution in [3.63, 3.8) is 0 Å². The summed E-state index contributed by atoms with van der Waals surface area (Å²) in [5, 5.41) is 1.22. The second-order valence-corrected chi connectivity index (χ2v) is 7.80. The number of thiazole rings is 1. The molecule has 2 aliphatic rings. The summed E-state index contributed by atoms with van der Waals surface area (Å²) in [6, 6.07) is 8.76. The Balaban J connectivity index is 1.53. The van der Waals surface area contributed by atoms with E-state index in [-0.39, 0.29) is 0 Å². The quantitative estimate of drug-likeness (QED) is 0.935. The zero-order valence-corrected chi connectivity index (χ0v) is 14.3. The Kier molecular flexibility index (Phi) is 4.31. The number of piperidine rings is 1. The fraction of sp³-hybridized carbons (Fsp3) is 0.556. The number of benzene rings is 1. The molecule has 2 aromatic rings. The van der Waals surface area contributed by atoms with Gasteiger partial charge < -0.3 is 9.80 Å². The van der Waals surface area contributed by atoms with E-state index in [9.17, 15) is 4.79 Å². The van der Waals surface area contributed by atoms with Gasteiger partial charge in [-0.25, -0.2) is 4.98 Å². The third-order valence-corrected chi connectivity index (χ3v) is 6.33.